The predicted molar refractivity (Wildman–Crippen MR) is 75.9 cm³/mol. The Morgan fingerprint density at radius 1 is 1.06 bits per heavy atom. The molecule has 2 rings (SSSR count). The van der Waals surface area contributed by atoms with Gasteiger partial charge in [-0.05, 0) is 43.2 Å². The minimum atomic E-state index is 0.683. The molecule has 1 aromatic carbocycles. The average molecular weight is 247 g/mol. The van der Waals surface area contributed by atoms with Gasteiger partial charge in [-0.25, -0.2) is 0 Å². The first-order chi connectivity index (χ1) is 8.74. The van der Waals surface area contributed by atoms with E-state index >= 15 is 0 Å². The highest BCUT2D eigenvalue weighted by atomic mass is 16.5. The van der Waals surface area contributed by atoms with Gasteiger partial charge in [0.1, 0.15) is 12.4 Å². The fourth-order valence-corrected chi connectivity index (χ4v) is 3.06. The summed E-state index contributed by atoms with van der Waals surface area (Å²) in [7, 11) is 0. The molecule has 0 aliphatic heterocycles. The number of nitrogens with one attached hydrogen (secondary N) is 1. The first-order valence-electron chi connectivity index (χ1n) is 7.15. The molecule has 1 fully saturated rings. The fourth-order valence-electron chi connectivity index (χ4n) is 3.06. The number of benzene rings is 1. The van der Waals surface area contributed by atoms with Gasteiger partial charge in [-0.3, -0.25) is 0 Å². The summed E-state index contributed by atoms with van der Waals surface area (Å²) in [5.41, 5.74) is 0. The monoisotopic (exact) mass is 247 g/mol. The van der Waals surface area contributed by atoms with Crippen molar-refractivity contribution in [3.8, 4) is 5.75 Å². The topological polar surface area (TPSA) is 21.3 Å². The molecule has 2 unspecified atom stereocenters. The quantitative estimate of drug-likeness (QED) is 0.804. The van der Waals surface area contributed by atoms with Crippen LogP contribution in [0.25, 0.3) is 0 Å². The van der Waals surface area contributed by atoms with E-state index in [1.54, 1.807) is 0 Å². The second kappa shape index (κ2) is 6.79. The van der Waals surface area contributed by atoms with E-state index in [1.165, 1.54) is 19.3 Å². The maximum Gasteiger partial charge on any atom is 0.119 e. The van der Waals surface area contributed by atoms with Crippen molar-refractivity contribution in [1.29, 1.82) is 0 Å². The van der Waals surface area contributed by atoms with Crippen molar-refractivity contribution in [2.45, 2.75) is 39.2 Å². The minimum absolute atomic E-state index is 0.683. The largest absolute Gasteiger partial charge is 0.492 e. The molecule has 0 saturated heterocycles. The summed E-state index contributed by atoms with van der Waals surface area (Å²) < 4.78 is 5.69. The molecule has 1 aliphatic carbocycles. The summed E-state index contributed by atoms with van der Waals surface area (Å²) >= 11 is 0. The van der Waals surface area contributed by atoms with Gasteiger partial charge in [0.05, 0.1) is 0 Å². The highest BCUT2D eigenvalue weighted by Gasteiger charge is 2.23. The lowest BCUT2D eigenvalue weighted by Crippen LogP contribution is -2.38. The van der Waals surface area contributed by atoms with Crippen LogP contribution >= 0.6 is 0 Å². The number of ether oxygens (including phenoxy) is 1. The molecule has 100 valence electrons. The average Bonchev–Trinajstić information content (AvgIpc) is 2.35. The molecule has 1 aromatic rings. The van der Waals surface area contributed by atoms with Crippen LogP contribution in [0.1, 0.15) is 33.1 Å². The number of para-hydroxylation sites is 1. The standard InChI is InChI=1S/C16H25NO/c1-13-10-14(2)12-15(11-13)17-8-9-18-16-6-4-3-5-7-16/h3-7,13-15,17H,8-12H2,1-2H3. The molecule has 0 spiro atoms. The van der Waals surface area contributed by atoms with E-state index in [0.29, 0.717) is 6.04 Å². The molecule has 1 saturated carbocycles. The number of hydrogen-bond acceptors (Lipinski definition) is 2. The molecule has 0 heterocycles. The third-order valence-electron chi connectivity index (χ3n) is 3.73. The van der Waals surface area contributed by atoms with Crippen molar-refractivity contribution >= 4 is 0 Å². The van der Waals surface area contributed by atoms with Gasteiger partial charge in [0, 0.05) is 12.6 Å². The Bertz CT molecular complexity index is 328. The van der Waals surface area contributed by atoms with Gasteiger partial charge in [0.25, 0.3) is 0 Å². The van der Waals surface area contributed by atoms with Gasteiger partial charge >= 0.3 is 0 Å². The lowest BCUT2D eigenvalue weighted by atomic mass is 9.80. The second-order valence-electron chi connectivity index (χ2n) is 5.73. The molecular weight excluding hydrogens is 222 g/mol. The van der Waals surface area contributed by atoms with Gasteiger partial charge in [-0.2, -0.15) is 0 Å². The molecule has 0 amide bonds. The summed E-state index contributed by atoms with van der Waals surface area (Å²) in [6.45, 7) is 6.43. The van der Waals surface area contributed by atoms with Crippen LogP contribution < -0.4 is 10.1 Å². The summed E-state index contributed by atoms with van der Waals surface area (Å²) in [6.07, 6.45) is 4.02. The summed E-state index contributed by atoms with van der Waals surface area (Å²) in [6, 6.07) is 10.7. The van der Waals surface area contributed by atoms with Crippen LogP contribution in [0.3, 0.4) is 0 Å². The molecule has 0 radical (unpaired) electrons. The lowest BCUT2D eigenvalue weighted by molar-refractivity contribution is 0.225. The van der Waals surface area contributed by atoms with E-state index < -0.39 is 0 Å². The third-order valence-corrected chi connectivity index (χ3v) is 3.73. The number of hydrogen-bond donors (Lipinski definition) is 1. The van der Waals surface area contributed by atoms with Gasteiger partial charge in [0.15, 0.2) is 0 Å². The Kier molecular flexibility index (Phi) is 5.06. The Labute approximate surface area is 111 Å². The zero-order chi connectivity index (χ0) is 12.8. The summed E-state index contributed by atoms with van der Waals surface area (Å²) in [5, 5.41) is 3.63. The zero-order valence-electron chi connectivity index (χ0n) is 11.6. The van der Waals surface area contributed by atoms with Crippen molar-refractivity contribution in [3.63, 3.8) is 0 Å². The fraction of sp³-hybridized carbons (Fsp3) is 0.625. The van der Waals surface area contributed by atoms with E-state index in [-0.39, 0.29) is 0 Å². The van der Waals surface area contributed by atoms with Gasteiger partial charge < -0.3 is 10.1 Å². The highest BCUT2D eigenvalue weighted by molar-refractivity contribution is 5.20. The molecule has 2 atom stereocenters. The Hall–Kier alpha value is -1.02. The van der Waals surface area contributed by atoms with Crippen LogP contribution in [-0.4, -0.2) is 19.2 Å². The van der Waals surface area contributed by atoms with E-state index in [4.69, 9.17) is 4.74 Å². The van der Waals surface area contributed by atoms with Crippen molar-refractivity contribution in [1.82, 2.24) is 5.32 Å². The molecule has 1 aliphatic rings. The van der Waals surface area contributed by atoms with Crippen molar-refractivity contribution < 1.29 is 4.74 Å². The first-order valence-corrected chi connectivity index (χ1v) is 7.15. The Morgan fingerprint density at radius 3 is 2.39 bits per heavy atom. The molecule has 18 heavy (non-hydrogen) atoms. The van der Waals surface area contributed by atoms with Crippen LogP contribution in [0.15, 0.2) is 30.3 Å². The van der Waals surface area contributed by atoms with Crippen LogP contribution in [0.4, 0.5) is 0 Å². The first kappa shape index (κ1) is 13.4. The second-order valence-corrected chi connectivity index (χ2v) is 5.73. The molecule has 1 N–H and O–H groups in total. The van der Waals surface area contributed by atoms with Crippen molar-refractivity contribution in [2.75, 3.05) is 13.2 Å². The minimum Gasteiger partial charge on any atom is -0.492 e. The lowest BCUT2D eigenvalue weighted by Gasteiger charge is -2.32. The smallest absolute Gasteiger partial charge is 0.119 e. The van der Waals surface area contributed by atoms with E-state index in [0.717, 1.165) is 30.7 Å². The maximum atomic E-state index is 5.69. The molecule has 0 bridgehead atoms. The van der Waals surface area contributed by atoms with Gasteiger partial charge in [0.2, 0.25) is 0 Å². The maximum absolute atomic E-state index is 5.69. The van der Waals surface area contributed by atoms with Gasteiger partial charge in [-0.15, -0.1) is 0 Å². The van der Waals surface area contributed by atoms with E-state index in [2.05, 4.69) is 19.2 Å². The molecular formula is C16H25NO. The van der Waals surface area contributed by atoms with Gasteiger partial charge in [-0.1, -0.05) is 32.0 Å². The normalized spacial score (nSPS) is 28.0. The van der Waals surface area contributed by atoms with Crippen molar-refractivity contribution in [3.05, 3.63) is 30.3 Å². The zero-order valence-corrected chi connectivity index (χ0v) is 11.6. The molecule has 2 heteroatoms. The Morgan fingerprint density at radius 2 is 1.72 bits per heavy atom. The third kappa shape index (κ3) is 4.34. The highest BCUT2D eigenvalue weighted by Crippen LogP contribution is 2.28. The summed E-state index contributed by atoms with van der Waals surface area (Å²) in [5.74, 6) is 2.69. The van der Waals surface area contributed by atoms with Crippen molar-refractivity contribution in [2.24, 2.45) is 11.8 Å². The van der Waals surface area contributed by atoms with Crippen LogP contribution in [0.5, 0.6) is 5.75 Å². The van der Waals surface area contributed by atoms with Crippen LogP contribution in [0.2, 0.25) is 0 Å². The molecule has 0 aromatic heterocycles. The SMILES string of the molecule is CC1CC(C)CC(NCCOc2ccccc2)C1. The summed E-state index contributed by atoms with van der Waals surface area (Å²) in [4.78, 5) is 0. The predicted octanol–water partition coefficient (Wildman–Crippen LogP) is 3.48. The number of rotatable bonds is 5. The van der Waals surface area contributed by atoms with E-state index in [1.807, 2.05) is 30.3 Å². The Balaban J connectivity index is 1.63. The van der Waals surface area contributed by atoms with Crippen LogP contribution in [-0.2, 0) is 0 Å². The molecule has 2 nitrogen and oxygen atoms in total. The van der Waals surface area contributed by atoms with Crippen LogP contribution in [0, 0.1) is 11.8 Å². The van der Waals surface area contributed by atoms with E-state index in [9.17, 15) is 0 Å².